The third-order valence-corrected chi connectivity index (χ3v) is 2.33. The van der Waals surface area contributed by atoms with Crippen LogP contribution in [-0.2, 0) is 6.54 Å². The second-order valence-electron chi connectivity index (χ2n) is 3.65. The Labute approximate surface area is 113 Å². The second kappa shape index (κ2) is 8.91. The van der Waals surface area contributed by atoms with Crippen molar-refractivity contribution in [3.63, 3.8) is 0 Å². The highest BCUT2D eigenvalue weighted by Gasteiger charge is 2.02. The fourth-order valence-electron chi connectivity index (χ4n) is 1.47. The molecule has 0 aromatic heterocycles. The Kier molecular flexibility index (Phi) is 7.01. The van der Waals surface area contributed by atoms with Crippen molar-refractivity contribution in [2.24, 2.45) is 0 Å². The van der Waals surface area contributed by atoms with E-state index < -0.39 is 0 Å². The summed E-state index contributed by atoms with van der Waals surface area (Å²) in [6.45, 7) is 0.564. The highest BCUT2D eigenvalue weighted by atomic mass is 16.4. The topological polar surface area (TPSA) is 69.6 Å². The SMILES string of the molecule is O=C(NCc1ccccc1)c1ccccc1.O[B]O. The Morgan fingerprint density at radius 3 is 1.95 bits per heavy atom. The van der Waals surface area contributed by atoms with Gasteiger partial charge in [-0.15, -0.1) is 0 Å². The molecule has 0 aliphatic carbocycles. The first-order chi connectivity index (χ1) is 9.27. The van der Waals surface area contributed by atoms with Gasteiger partial charge >= 0.3 is 7.69 Å². The lowest BCUT2D eigenvalue weighted by atomic mass is 10.2. The molecule has 0 fully saturated rings. The summed E-state index contributed by atoms with van der Waals surface area (Å²) in [5, 5.41) is 16.9. The largest absolute Gasteiger partial charge is 0.482 e. The zero-order valence-electron chi connectivity index (χ0n) is 10.4. The van der Waals surface area contributed by atoms with Crippen LogP contribution in [0.15, 0.2) is 60.7 Å². The first-order valence-corrected chi connectivity index (χ1v) is 5.75. The lowest BCUT2D eigenvalue weighted by Gasteiger charge is -2.04. The summed E-state index contributed by atoms with van der Waals surface area (Å²) in [4.78, 5) is 11.7. The van der Waals surface area contributed by atoms with Crippen molar-refractivity contribution in [2.45, 2.75) is 6.54 Å². The smallest absolute Gasteiger partial charge is 0.429 e. The summed E-state index contributed by atoms with van der Waals surface area (Å²) >= 11 is 0. The van der Waals surface area contributed by atoms with Crippen LogP contribution < -0.4 is 5.32 Å². The molecule has 1 amide bonds. The van der Waals surface area contributed by atoms with E-state index in [9.17, 15) is 4.79 Å². The van der Waals surface area contributed by atoms with E-state index in [4.69, 9.17) is 10.0 Å². The number of amides is 1. The number of carbonyl (C=O) groups excluding carboxylic acids is 1. The molecule has 2 aromatic carbocycles. The van der Waals surface area contributed by atoms with Gasteiger partial charge in [-0.05, 0) is 17.7 Å². The first kappa shape index (κ1) is 15.0. The van der Waals surface area contributed by atoms with Crippen molar-refractivity contribution in [3.8, 4) is 0 Å². The zero-order valence-corrected chi connectivity index (χ0v) is 10.4. The molecule has 5 heteroatoms. The van der Waals surface area contributed by atoms with Gasteiger partial charge in [0.1, 0.15) is 0 Å². The molecular formula is C14H15BNO3. The standard InChI is InChI=1S/C14H13NO.BH2O2/c16-14(13-9-5-2-6-10-13)15-11-12-7-3-1-4-8-12;2-1-3/h1-10H,11H2,(H,15,16);2-3H. The third kappa shape index (κ3) is 5.85. The minimum Gasteiger partial charge on any atom is -0.429 e. The Balaban J connectivity index is 0.000000550. The van der Waals surface area contributed by atoms with Crippen LogP contribution in [0.5, 0.6) is 0 Å². The maximum Gasteiger partial charge on any atom is 0.482 e. The molecule has 0 bridgehead atoms. The van der Waals surface area contributed by atoms with Gasteiger partial charge in [-0.25, -0.2) is 0 Å². The Hall–Kier alpha value is -2.11. The molecule has 0 heterocycles. The molecule has 0 aliphatic heterocycles. The number of hydrogen-bond donors (Lipinski definition) is 3. The minimum absolute atomic E-state index is 0. The summed E-state index contributed by atoms with van der Waals surface area (Å²) in [7, 11) is 0. The second-order valence-corrected chi connectivity index (χ2v) is 3.65. The van der Waals surface area contributed by atoms with Gasteiger partial charge in [0, 0.05) is 12.1 Å². The van der Waals surface area contributed by atoms with Gasteiger partial charge in [-0.3, -0.25) is 4.79 Å². The zero-order chi connectivity index (χ0) is 13.9. The van der Waals surface area contributed by atoms with Gasteiger partial charge in [-0.2, -0.15) is 0 Å². The van der Waals surface area contributed by atoms with Gasteiger partial charge in [-0.1, -0.05) is 48.5 Å². The Morgan fingerprint density at radius 1 is 0.947 bits per heavy atom. The van der Waals surface area contributed by atoms with Crippen molar-refractivity contribution in [2.75, 3.05) is 0 Å². The van der Waals surface area contributed by atoms with Crippen LogP contribution >= 0.6 is 0 Å². The fraction of sp³-hybridized carbons (Fsp3) is 0.0714. The monoisotopic (exact) mass is 256 g/mol. The maximum absolute atomic E-state index is 11.7. The molecule has 19 heavy (non-hydrogen) atoms. The molecule has 0 aliphatic rings. The summed E-state index contributed by atoms with van der Waals surface area (Å²) < 4.78 is 0. The molecular weight excluding hydrogens is 241 g/mol. The van der Waals surface area contributed by atoms with Crippen LogP contribution in [0.3, 0.4) is 0 Å². The van der Waals surface area contributed by atoms with E-state index in [-0.39, 0.29) is 13.6 Å². The Morgan fingerprint density at radius 2 is 1.42 bits per heavy atom. The predicted molar refractivity (Wildman–Crippen MR) is 74.2 cm³/mol. The number of rotatable bonds is 3. The van der Waals surface area contributed by atoms with Crippen LogP contribution in [-0.4, -0.2) is 23.6 Å². The lowest BCUT2D eigenvalue weighted by molar-refractivity contribution is 0.0951. The van der Waals surface area contributed by atoms with Gasteiger partial charge < -0.3 is 15.4 Å². The number of nitrogens with one attached hydrogen (secondary N) is 1. The maximum atomic E-state index is 11.7. The molecule has 0 unspecified atom stereocenters. The fourth-order valence-corrected chi connectivity index (χ4v) is 1.47. The highest BCUT2D eigenvalue weighted by molar-refractivity contribution is 6.13. The molecule has 2 aromatic rings. The van der Waals surface area contributed by atoms with Gasteiger partial charge in [0.05, 0.1) is 0 Å². The Bertz CT molecular complexity index is 477. The van der Waals surface area contributed by atoms with Gasteiger partial charge in [0.2, 0.25) is 0 Å². The molecule has 0 saturated heterocycles. The number of benzene rings is 2. The lowest BCUT2D eigenvalue weighted by Crippen LogP contribution is -2.22. The van der Waals surface area contributed by atoms with E-state index in [1.807, 2.05) is 48.5 Å². The first-order valence-electron chi connectivity index (χ1n) is 5.75. The molecule has 97 valence electrons. The highest BCUT2D eigenvalue weighted by Crippen LogP contribution is 2.01. The molecule has 3 N–H and O–H groups in total. The van der Waals surface area contributed by atoms with E-state index in [2.05, 4.69) is 5.32 Å². The third-order valence-electron chi connectivity index (χ3n) is 2.33. The van der Waals surface area contributed by atoms with E-state index in [1.165, 1.54) is 0 Å². The predicted octanol–water partition coefficient (Wildman–Crippen LogP) is 1.12. The van der Waals surface area contributed by atoms with Crippen LogP contribution in [0.25, 0.3) is 0 Å². The van der Waals surface area contributed by atoms with Crippen LogP contribution in [0.1, 0.15) is 15.9 Å². The summed E-state index contributed by atoms with van der Waals surface area (Å²) in [6, 6.07) is 19.1. The summed E-state index contributed by atoms with van der Waals surface area (Å²) in [6.07, 6.45) is 0. The van der Waals surface area contributed by atoms with E-state index in [0.29, 0.717) is 12.1 Å². The van der Waals surface area contributed by atoms with Crippen LogP contribution in [0.4, 0.5) is 0 Å². The van der Waals surface area contributed by atoms with Crippen molar-refractivity contribution in [3.05, 3.63) is 71.8 Å². The minimum atomic E-state index is -0.0375. The summed E-state index contributed by atoms with van der Waals surface area (Å²) in [5.74, 6) is -0.0375. The van der Waals surface area contributed by atoms with E-state index in [1.54, 1.807) is 12.1 Å². The van der Waals surface area contributed by atoms with Crippen LogP contribution in [0, 0.1) is 0 Å². The average Bonchev–Trinajstić information content (AvgIpc) is 2.47. The van der Waals surface area contributed by atoms with Gasteiger partial charge in [0.15, 0.2) is 0 Å². The molecule has 4 nitrogen and oxygen atoms in total. The van der Waals surface area contributed by atoms with E-state index >= 15 is 0 Å². The van der Waals surface area contributed by atoms with Crippen molar-refractivity contribution < 1.29 is 14.8 Å². The average molecular weight is 256 g/mol. The van der Waals surface area contributed by atoms with Crippen molar-refractivity contribution >= 4 is 13.6 Å². The number of carbonyl (C=O) groups is 1. The van der Waals surface area contributed by atoms with E-state index in [0.717, 1.165) is 5.56 Å². The van der Waals surface area contributed by atoms with Crippen LogP contribution in [0.2, 0.25) is 0 Å². The summed E-state index contributed by atoms with van der Waals surface area (Å²) in [5.41, 5.74) is 1.80. The van der Waals surface area contributed by atoms with Crippen molar-refractivity contribution in [1.29, 1.82) is 0 Å². The molecule has 0 spiro atoms. The molecule has 2 rings (SSSR count). The van der Waals surface area contributed by atoms with Gasteiger partial charge in [0.25, 0.3) is 5.91 Å². The quantitative estimate of drug-likeness (QED) is 0.721. The molecule has 0 atom stereocenters. The number of hydrogen-bond acceptors (Lipinski definition) is 3. The van der Waals surface area contributed by atoms with Crippen molar-refractivity contribution in [1.82, 2.24) is 5.32 Å². The normalized spacial score (nSPS) is 8.95. The molecule has 0 saturated carbocycles. The molecule has 1 radical (unpaired) electrons.